The third-order valence-electron chi connectivity index (χ3n) is 3.68. The van der Waals surface area contributed by atoms with E-state index < -0.39 is 34.7 Å². The number of ether oxygens (including phenoxy) is 1. The van der Waals surface area contributed by atoms with Gasteiger partial charge in [-0.1, -0.05) is 12.1 Å². The summed E-state index contributed by atoms with van der Waals surface area (Å²) in [6, 6.07) is 13.7. The Morgan fingerprint density at radius 1 is 0.852 bits per heavy atom. The molecule has 0 heterocycles. The molecule has 0 aliphatic carbocycles. The summed E-state index contributed by atoms with van der Waals surface area (Å²) in [5.74, 6) is -7.41. The maximum Gasteiger partial charge on any atom is 0.258 e. The molecule has 0 unspecified atom stereocenters. The molecular weight excluding hydrogens is 362 g/mol. The Kier molecular flexibility index (Phi) is 5.12. The highest BCUT2D eigenvalue weighted by Crippen LogP contribution is 2.24. The highest BCUT2D eigenvalue weighted by atomic mass is 19.2. The van der Waals surface area contributed by atoms with Crippen LogP contribution in [-0.2, 0) is 0 Å². The fourth-order valence-electron chi connectivity index (χ4n) is 2.36. The van der Waals surface area contributed by atoms with Gasteiger partial charge in [-0.3, -0.25) is 4.79 Å². The fraction of sp³-hybridized carbons (Fsp3) is 0.0500. The molecule has 0 saturated carbocycles. The summed E-state index contributed by atoms with van der Waals surface area (Å²) in [5, 5.41) is 2.28. The van der Waals surface area contributed by atoms with Crippen molar-refractivity contribution in [2.45, 2.75) is 6.92 Å². The van der Waals surface area contributed by atoms with Crippen molar-refractivity contribution in [2.75, 3.05) is 5.32 Å². The lowest BCUT2D eigenvalue weighted by atomic mass is 10.1. The molecule has 3 rings (SSSR count). The van der Waals surface area contributed by atoms with Gasteiger partial charge in [0, 0.05) is 5.69 Å². The summed E-state index contributed by atoms with van der Waals surface area (Å²) in [6.07, 6.45) is 0. The van der Waals surface area contributed by atoms with E-state index in [1.165, 1.54) is 12.1 Å². The molecule has 0 saturated heterocycles. The zero-order valence-corrected chi connectivity index (χ0v) is 14.0. The molecule has 3 aromatic rings. The van der Waals surface area contributed by atoms with E-state index >= 15 is 0 Å². The monoisotopic (exact) mass is 375 g/mol. The van der Waals surface area contributed by atoms with Crippen LogP contribution in [0.15, 0.2) is 54.6 Å². The number of amides is 1. The Balaban J connectivity index is 1.74. The van der Waals surface area contributed by atoms with E-state index in [1.54, 1.807) is 18.2 Å². The quantitative estimate of drug-likeness (QED) is 0.366. The van der Waals surface area contributed by atoms with Crippen LogP contribution in [-0.4, -0.2) is 5.91 Å². The number of benzene rings is 3. The maximum absolute atomic E-state index is 13.7. The highest BCUT2D eigenvalue weighted by molar-refractivity contribution is 6.04. The summed E-state index contributed by atoms with van der Waals surface area (Å²) in [7, 11) is 0. The van der Waals surface area contributed by atoms with E-state index in [2.05, 4.69) is 5.32 Å². The number of carbonyl (C=O) groups excluding carboxylic acids is 1. The lowest BCUT2D eigenvalue weighted by molar-refractivity contribution is 0.102. The summed E-state index contributed by atoms with van der Waals surface area (Å²) >= 11 is 0. The van der Waals surface area contributed by atoms with Gasteiger partial charge in [-0.25, -0.2) is 17.6 Å². The third-order valence-corrected chi connectivity index (χ3v) is 3.68. The maximum atomic E-state index is 13.7. The third kappa shape index (κ3) is 4.08. The molecule has 0 fully saturated rings. The minimum atomic E-state index is -2.04. The van der Waals surface area contributed by atoms with Crippen molar-refractivity contribution in [1.29, 1.82) is 0 Å². The van der Waals surface area contributed by atoms with E-state index in [1.807, 2.05) is 25.1 Å². The smallest absolute Gasteiger partial charge is 0.258 e. The van der Waals surface area contributed by atoms with Gasteiger partial charge < -0.3 is 10.1 Å². The van der Waals surface area contributed by atoms with Crippen molar-refractivity contribution in [3.8, 4) is 11.5 Å². The van der Waals surface area contributed by atoms with Crippen LogP contribution in [0.2, 0.25) is 0 Å². The van der Waals surface area contributed by atoms with Gasteiger partial charge in [0.25, 0.3) is 5.91 Å². The number of hydrogen-bond acceptors (Lipinski definition) is 2. The van der Waals surface area contributed by atoms with E-state index in [9.17, 15) is 22.4 Å². The molecule has 0 aliphatic heterocycles. The average Bonchev–Trinajstić information content (AvgIpc) is 2.64. The molecule has 3 aromatic carbocycles. The summed E-state index contributed by atoms with van der Waals surface area (Å²) in [5.41, 5.74) is 0.324. The second-order valence-corrected chi connectivity index (χ2v) is 5.74. The molecule has 1 N–H and O–H groups in total. The van der Waals surface area contributed by atoms with Crippen LogP contribution in [0.4, 0.5) is 23.2 Å². The van der Waals surface area contributed by atoms with Crippen LogP contribution in [0.25, 0.3) is 0 Å². The van der Waals surface area contributed by atoms with Crippen molar-refractivity contribution < 1.29 is 27.1 Å². The topological polar surface area (TPSA) is 38.3 Å². The van der Waals surface area contributed by atoms with Gasteiger partial charge in [0.2, 0.25) is 0 Å². The number of hydrogen-bond donors (Lipinski definition) is 1. The summed E-state index contributed by atoms with van der Waals surface area (Å²) < 4.78 is 58.8. The molecule has 7 heteroatoms. The van der Waals surface area contributed by atoms with Crippen molar-refractivity contribution in [3.63, 3.8) is 0 Å². The van der Waals surface area contributed by atoms with Gasteiger partial charge in [0.1, 0.15) is 11.5 Å². The van der Waals surface area contributed by atoms with Crippen LogP contribution >= 0.6 is 0 Å². The summed E-state index contributed by atoms with van der Waals surface area (Å²) in [4.78, 5) is 12.0. The Morgan fingerprint density at radius 2 is 1.56 bits per heavy atom. The zero-order chi connectivity index (χ0) is 19.6. The Labute approximate surface area is 152 Å². The van der Waals surface area contributed by atoms with E-state index in [-0.39, 0.29) is 5.69 Å². The van der Waals surface area contributed by atoms with Gasteiger partial charge in [-0.15, -0.1) is 0 Å². The summed E-state index contributed by atoms with van der Waals surface area (Å²) in [6.45, 7) is 1.92. The average molecular weight is 375 g/mol. The van der Waals surface area contributed by atoms with Crippen LogP contribution < -0.4 is 10.1 Å². The first-order valence-corrected chi connectivity index (χ1v) is 7.84. The van der Waals surface area contributed by atoms with Crippen molar-refractivity contribution in [3.05, 3.63) is 89.0 Å². The molecule has 0 aliphatic rings. The number of carbonyl (C=O) groups is 1. The molecule has 0 spiro atoms. The first-order chi connectivity index (χ1) is 12.8. The normalized spacial score (nSPS) is 10.6. The number of halogens is 4. The second-order valence-electron chi connectivity index (χ2n) is 5.74. The van der Waals surface area contributed by atoms with Gasteiger partial charge in [0.05, 0.1) is 5.56 Å². The Morgan fingerprint density at radius 3 is 2.22 bits per heavy atom. The van der Waals surface area contributed by atoms with Crippen molar-refractivity contribution >= 4 is 11.6 Å². The minimum absolute atomic E-state index is 0.237. The van der Waals surface area contributed by atoms with Crippen molar-refractivity contribution in [1.82, 2.24) is 0 Å². The van der Waals surface area contributed by atoms with Crippen LogP contribution in [0.3, 0.4) is 0 Å². The van der Waals surface area contributed by atoms with Gasteiger partial charge >= 0.3 is 0 Å². The first-order valence-electron chi connectivity index (χ1n) is 7.84. The molecule has 0 bridgehead atoms. The predicted octanol–water partition coefficient (Wildman–Crippen LogP) is 5.60. The number of anilines is 1. The van der Waals surface area contributed by atoms with E-state index in [4.69, 9.17) is 4.74 Å². The predicted molar refractivity (Wildman–Crippen MR) is 91.9 cm³/mol. The lowest BCUT2D eigenvalue weighted by Gasteiger charge is -2.09. The van der Waals surface area contributed by atoms with Gasteiger partial charge in [-0.05, 0) is 55.0 Å². The molecular formula is C20H13F4NO2. The molecule has 0 radical (unpaired) electrons. The molecule has 1 amide bonds. The van der Waals surface area contributed by atoms with Crippen LogP contribution in [0, 0.1) is 30.2 Å². The largest absolute Gasteiger partial charge is 0.457 e. The number of nitrogens with one attached hydrogen (secondary N) is 1. The molecule has 0 aromatic heterocycles. The minimum Gasteiger partial charge on any atom is -0.457 e. The van der Waals surface area contributed by atoms with Gasteiger partial charge in [-0.2, -0.15) is 0 Å². The number of aryl methyl sites for hydroxylation is 1. The van der Waals surface area contributed by atoms with Crippen LogP contribution in [0.5, 0.6) is 11.5 Å². The Hall–Kier alpha value is -3.35. The second kappa shape index (κ2) is 7.49. The highest BCUT2D eigenvalue weighted by Gasteiger charge is 2.23. The Bertz CT molecular complexity index is 1000. The SMILES string of the molecule is Cc1cccc(Oc2ccc(NC(=O)c3cc(F)c(F)c(F)c3F)cc2)c1. The molecule has 27 heavy (non-hydrogen) atoms. The standard InChI is InChI=1S/C20H13F4NO2/c1-11-3-2-4-14(9-11)27-13-7-5-12(6-8-13)25-20(26)15-10-16(21)18(23)19(24)17(15)22/h2-10H,1H3,(H,25,26). The zero-order valence-electron chi connectivity index (χ0n) is 14.0. The van der Waals surface area contributed by atoms with Crippen molar-refractivity contribution in [2.24, 2.45) is 0 Å². The lowest BCUT2D eigenvalue weighted by Crippen LogP contribution is -2.16. The molecule has 138 valence electrons. The van der Waals surface area contributed by atoms with E-state index in [0.29, 0.717) is 17.6 Å². The number of rotatable bonds is 4. The van der Waals surface area contributed by atoms with Gasteiger partial charge in [0.15, 0.2) is 23.3 Å². The molecule has 0 atom stereocenters. The molecule has 3 nitrogen and oxygen atoms in total. The van der Waals surface area contributed by atoms with Crippen LogP contribution in [0.1, 0.15) is 15.9 Å². The fourth-order valence-corrected chi connectivity index (χ4v) is 2.36. The van der Waals surface area contributed by atoms with E-state index in [0.717, 1.165) is 5.56 Å². The first kappa shape index (κ1) is 18.4.